The number of hydrogen-bond acceptors (Lipinski definition) is 8. The quantitative estimate of drug-likeness (QED) is 0.105. The van der Waals surface area contributed by atoms with Gasteiger partial charge in [-0.3, -0.25) is 4.79 Å². The minimum atomic E-state index is -0.564. The van der Waals surface area contributed by atoms with Gasteiger partial charge in [0, 0.05) is 86.0 Å². The molecule has 4 aromatic heterocycles. The molecule has 8 heterocycles. The molecule has 4 aliphatic rings. The molecule has 4 bridgehead atoms. The van der Waals surface area contributed by atoms with Crippen molar-refractivity contribution in [2.75, 3.05) is 19.4 Å². The number of para-hydroxylation sites is 2. The molecule has 0 aliphatic carbocycles. The van der Waals surface area contributed by atoms with Crippen molar-refractivity contribution in [3.63, 3.8) is 0 Å². The Hall–Kier alpha value is -9.27. The molecule has 12 aromatic rings. The first-order chi connectivity index (χ1) is 40.8. The average molecular weight is 1120 g/mol. The Morgan fingerprint density at radius 1 is 0.583 bits per heavy atom. The lowest BCUT2D eigenvalue weighted by Crippen LogP contribution is -2.45. The summed E-state index contributed by atoms with van der Waals surface area (Å²) in [4.78, 5) is 33.6. The van der Waals surface area contributed by atoms with Gasteiger partial charge in [0.05, 0.1) is 55.3 Å². The highest BCUT2D eigenvalue weighted by atomic mass is 19.1. The fourth-order valence-electron chi connectivity index (χ4n) is 14.2. The van der Waals surface area contributed by atoms with Crippen LogP contribution in [0.25, 0.3) is 99.8 Å². The SMILES string of the molecule is CN1C2CCC1CC(N)C2.CN1C2CCC1CC(Nc1cc(-n3c4ccccc4c4c(-c5nc6ccc(F)cc6[nH]5)cccc43)ccc1C(N)=O)C2.N#Cc1ccc(-n2c3ccccc3c3c(-c4nc5ccc(F)cc5[nH]4)cccc32)cc1F. The molecule has 0 saturated carbocycles. The third-order valence-corrected chi connectivity index (χ3v) is 18.2. The first-order valence-electron chi connectivity index (χ1n) is 28.8. The molecule has 4 fully saturated rings. The molecule has 4 aliphatic heterocycles. The van der Waals surface area contributed by atoms with Crippen LogP contribution >= 0.6 is 0 Å². The van der Waals surface area contributed by atoms with E-state index >= 15 is 0 Å². The van der Waals surface area contributed by atoms with Gasteiger partial charge in [0.15, 0.2) is 0 Å². The number of amides is 1. The molecule has 8 aromatic carbocycles. The molecule has 420 valence electrons. The van der Waals surface area contributed by atoms with Gasteiger partial charge >= 0.3 is 0 Å². The zero-order chi connectivity index (χ0) is 57.5. The highest BCUT2D eigenvalue weighted by Gasteiger charge is 2.39. The number of carbonyl (C=O) groups excluding carboxylic acids is 1. The largest absolute Gasteiger partial charge is 0.381 e. The number of piperidine rings is 2. The number of fused-ring (bicyclic) bond motifs is 12. The molecule has 4 saturated heterocycles. The van der Waals surface area contributed by atoms with Crippen LogP contribution in [0.4, 0.5) is 18.9 Å². The first-order valence-corrected chi connectivity index (χ1v) is 28.8. The number of aromatic nitrogens is 6. The van der Waals surface area contributed by atoms with E-state index < -0.39 is 11.7 Å². The first kappa shape index (κ1) is 52.8. The number of benzene rings is 8. The average Bonchev–Trinajstić information content (AvgIpc) is 2.25. The minimum absolute atomic E-state index is 0.00436. The third-order valence-electron chi connectivity index (χ3n) is 18.2. The van der Waals surface area contributed by atoms with Gasteiger partial charge in [-0.05, 0) is 163 Å². The number of nitrogens with zero attached hydrogens (tertiary/aromatic N) is 7. The van der Waals surface area contributed by atoms with E-state index in [1.54, 1.807) is 18.2 Å². The van der Waals surface area contributed by atoms with E-state index in [4.69, 9.17) is 21.7 Å². The standard InChI is InChI=1S/C34H31FN6O.C26H14F2N4.C8H16N2/c1-40-21-10-11-22(40)17-20(16-21)37-28-18-23(12-13-24(28)33(36)42)41-30-7-3-2-5-25(30)32-26(6-4-8-31(32)41)34-38-27-14-9-19(35)15-29(27)39-34;27-16-9-11-21-22(12-16)31-26(30-21)19-5-3-7-24-25(19)18-4-1-2-6-23(18)32(24)17-10-8-15(14-29)20(28)13-17;1-10-7-2-3-8(10)5-6(9)4-7/h2-9,12-15,18,20-22,37H,10-11,16-17H2,1H3,(H2,36,42)(H,38,39);1-13H,(H,30,31);6-8H,2-5,9H2,1H3. The topological polar surface area (TPSA) is 179 Å². The van der Waals surface area contributed by atoms with E-state index in [-0.39, 0.29) is 23.2 Å². The molecule has 13 nitrogen and oxygen atoms in total. The summed E-state index contributed by atoms with van der Waals surface area (Å²) in [7, 11) is 4.47. The Kier molecular flexibility index (Phi) is 13.3. The number of imidazole rings is 2. The molecule has 4 unspecified atom stereocenters. The number of hydrogen-bond donors (Lipinski definition) is 5. The Bertz CT molecular complexity index is 4580. The van der Waals surface area contributed by atoms with Crippen LogP contribution in [0.15, 0.2) is 158 Å². The predicted octanol–water partition coefficient (Wildman–Crippen LogP) is 13.6. The molecule has 7 N–H and O–H groups in total. The maximum absolute atomic E-state index is 14.5. The zero-order valence-corrected chi connectivity index (χ0v) is 46.5. The van der Waals surface area contributed by atoms with Gasteiger partial charge in [0.25, 0.3) is 5.91 Å². The van der Waals surface area contributed by atoms with Gasteiger partial charge in [-0.2, -0.15) is 5.26 Å². The van der Waals surface area contributed by atoms with E-state index in [1.807, 2.05) is 89.5 Å². The van der Waals surface area contributed by atoms with Gasteiger partial charge in [0.1, 0.15) is 35.2 Å². The minimum Gasteiger partial charge on any atom is -0.381 e. The predicted molar refractivity (Wildman–Crippen MR) is 328 cm³/mol. The van der Waals surface area contributed by atoms with Gasteiger partial charge in [-0.1, -0.05) is 60.7 Å². The van der Waals surface area contributed by atoms with Crippen LogP contribution in [0.3, 0.4) is 0 Å². The number of anilines is 1. The zero-order valence-electron chi connectivity index (χ0n) is 46.5. The number of nitriles is 1. The van der Waals surface area contributed by atoms with E-state index in [0.29, 0.717) is 63.1 Å². The Labute approximate surface area is 482 Å². The van der Waals surface area contributed by atoms with Crippen molar-refractivity contribution in [2.45, 2.75) is 87.6 Å². The third kappa shape index (κ3) is 9.29. The van der Waals surface area contributed by atoms with Crippen molar-refractivity contribution in [3.05, 3.63) is 186 Å². The highest BCUT2D eigenvalue weighted by Crippen LogP contribution is 2.42. The molecule has 4 atom stereocenters. The maximum atomic E-state index is 14.5. The number of primary amides is 1. The summed E-state index contributed by atoms with van der Waals surface area (Å²) < 4.78 is 46.3. The van der Waals surface area contributed by atoms with Crippen molar-refractivity contribution >= 4 is 77.3 Å². The number of H-pyrrole nitrogens is 2. The smallest absolute Gasteiger partial charge is 0.250 e. The van der Waals surface area contributed by atoms with E-state index in [0.717, 1.165) is 91.0 Å². The second-order valence-corrected chi connectivity index (χ2v) is 23.1. The maximum Gasteiger partial charge on any atom is 0.250 e. The summed E-state index contributed by atoms with van der Waals surface area (Å²) in [5.74, 6) is -0.315. The lowest BCUT2D eigenvalue weighted by molar-refractivity contribution is 0.100. The Morgan fingerprint density at radius 3 is 1.56 bits per heavy atom. The van der Waals surface area contributed by atoms with Crippen LogP contribution in [0.2, 0.25) is 0 Å². The molecular formula is C68H61F3N12O. The van der Waals surface area contributed by atoms with Crippen molar-refractivity contribution in [1.82, 2.24) is 38.9 Å². The molecule has 16 heteroatoms. The van der Waals surface area contributed by atoms with Crippen molar-refractivity contribution in [2.24, 2.45) is 11.5 Å². The van der Waals surface area contributed by atoms with Crippen LogP contribution in [0.5, 0.6) is 0 Å². The second-order valence-electron chi connectivity index (χ2n) is 23.1. The second kappa shape index (κ2) is 21.2. The monoisotopic (exact) mass is 1120 g/mol. The number of nitrogens with one attached hydrogen (secondary N) is 3. The molecule has 0 radical (unpaired) electrons. The summed E-state index contributed by atoms with van der Waals surface area (Å²) >= 11 is 0. The number of carbonyl (C=O) groups is 1. The number of nitrogens with two attached hydrogens (primary N) is 2. The molecule has 1 amide bonds. The van der Waals surface area contributed by atoms with Crippen LogP contribution in [-0.2, 0) is 0 Å². The normalized spacial score (nSPS) is 20.3. The number of halogens is 3. The Balaban J connectivity index is 0.000000131. The number of rotatable bonds is 7. The van der Waals surface area contributed by atoms with Crippen molar-refractivity contribution in [1.29, 1.82) is 5.26 Å². The summed E-state index contributed by atoms with van der Waals surface area (Å²) in [6.07, 6.45) is 9.78. The Morgan fingerprint density at radius 2 is 1.06 bits per heavy atom. The van der Waals surface area contributed by atoms with Gasteiger partial charge in [-0.25, -0.2) is 23.1 Å². The van der Waals surface area contributed by atoms with Crippen LogP contribution in [0.1, 0.15) is 67.3 Å². The van der Waals surface area contributed by atoms with E-state index in [9.17, 15) is 18.0 Å². The number of aromatic amines is 2. The van der Waals surface area contributed by atoms with Crippen molar-refractivity contribution < 1.29 is 18.0 Å². The summed E-state index contributed by atoms with van der Waals surface area (Å²) in [6, 6.07) is 53.1. The summed E-state index contributed by atoms with van der Waals surface area (Å²) in [6.45, 7) is 0. The van der Waals surface area contributed by atoms with Gasteiger partial charge in [-0.15, -0.1) is 0 Å². The fraction of sp³-hybridized carbons (Fsp3) is 0.235. The molecular weight excluding hydrogens is 1060 g/mol. The lowest BCUT2D eigenvalue weighted by atomic mass is 9.97. The van der Waals surface area contributed by atoms with Crippen LogP contribution in [0, 0.1) is 28.8 Å². The molecule has 16 rings (SSSR count). The van der Waals surface area contributed by atoms with E-state index in [2.05, 4.69) is 73.0 Å². The van der Waals surface area contributed by atoms with E-state index in [1.165, 1.54) is 74.9 Å². The summed E-state index contributed by atoms with van der Waals surface area (Å²) in [5.41, 5.74) is 22.9. The van der Waals surface area contributed by atoms with Crippen LogP contribution in [-0.4, -0.2) is 95.1 Å². The van der Waals surface area contributed by atoms with Crippen LogP contribution < -0.4 is 16.8 Å². The fourth-order valence-corrected chi connectivity index (χ4v) is 14.2. The van der Waals surface area contributed by atoms with Gasteiger partial charge in [0.2, 0.25) is 0 Å². The summed E-state index contributed by atoms with van der Waals surface area (Å²) in [5, 5.41) is 16.9. The molecule has 0 spiro atoms. The van der Waals surface area contributed by atoms with Crippen molar-refractivity contribution in [3.8, 4) is 40.2 Å². The molecule has 84 heavy (non-hydrogen) atoms. The van der Waals surface area contributed by atoms with Gasteiger partial charge < -0.3 is 45.7 Å². The lowest BCUT2D eigenvalue weighted by Gasteiger charge is -2.37. The highest BCUT2D eigenvalue weighted by molar-refractivity contribution is 6.17.